The van der Waals surface area contributed by atoms with Crippen molar-refractivity contribution in [2.24, 2.45) is 5.18 Å². The number of halogens is 1. The molecule has 5 heteroatoms. The average Bonchev–Trinajstić information content (AvgIpc) is 2.28. The van der Waals surface area contributed by atoms with E-state index in [-0.39, 0.29) is 5.82 Å². The van der Waals surface area contributed by atoms with Gasteiger partial charge in [0.15, 0.2) is 0 Å². The first-order valence-electron chi connectivity index (χ1n) is 4.79. The first-order valence-corrected chi connectivity index (χ1v) is 4.79. The van der Waals surface area contributed by atoms with E-state index in [1.54, 1.807) is 13.0 Å². The van der Waals surface area contributed by atoms with Crippen molar-refractivity contribution in [1.29, 1.82) is 0 Å². The Morgan fingerprint density at radius 2 is 2.19 bits per heavy atom. The second kappa shape index (κ2) is 3.84. The highest BCUT2D eigenvalue weighted by Crippen LogP contribution is 2.28. The molecule has 0 amide bonds. The maximum absolute atomic E-state index is 13.1. The molecule has 0 aliphatic carbocycles. The Morgan fingerprint density at radius 1 is 1.44 bits per heavy atom. The Kier molecular flexibility index (Phi) is 2.52. The summed E-state index contributed by atoms with van der Waals surface area (Å²) in [6.45, 7) is 1.63. The number of nitrogens with two attached hydrogens (primary N) is 1. The van der Waals surface area contributed by atoms with E-state index in [1.807, 2.05) is 0 Å². The van der Waals surface area contributed by atoms with Crippen molar-refractivity contribution in [1.82, 2.24) is 4.98 Å². The van der Waals surface area contributed by atoms with Gasteiger partial charge >= 0.3 is 0 Å². The summed E-state index contributed by atoms with van der Waals surface area (Å²) in [7, 11) is 0. The fraction of sp³-hybridized carbons (Fsp3) is 0.182. The van der Waals surface area contributed by atoms with Gasteiger partial charge in [-0.15, -0.1) is 0 Å². The lowest BCUT2D eigenvalue weighted by Crippen LogP contribution is -1.98. The van der Waals surface area contributed by atoms with Crippen LogP contribution in [0, 0.1) is 10.7 Å². The molecule has 1 heterocycles. The number of hydrogen-bond acceptors (Lipinski definition) is 4. The van der Waals surface area contributed by atoms with Gasteiger partial charge in [0.05, 0.1) is 0 Å². The summed E-state index contributed by atoms with van der Waals surface area (Å²) in [6, 6.07) is 3.62. The van der Waals surface area contributed by atoms with Crippen molar-refractivity contribution in [3.8, 4) is 0 Å². The van der Waals surface area contributed by atoms with Crippen LogP contribution in [0.15, 0.2) is 29.6 Å². The summed E-state index contributed by atoms with van der Waals surface area (Å²) < 4.78 is 13.1. The van der Waals surface area contributed by atoms with Gasteiger partial charge in [-0.1, -0.05) is 5.18 Å². The molecule has 0 spiro atoms. The van der Waals surface area contributed by atoms with Gasteiger partial charge in [0.1, 0.15) is 17.7 Å². The van der Waals surface area contributed by atoms with E-state index in [4.69, 9.17) is 5.73 Å². The number of nitrogens with zero attached hydrogens (tertiary/aromatic N) is 2. The van der Waals surface area contributed by atoms with Gasteiger partial charge in [0.2, 0.25) is 0 Å². The van der Waals surface area contributed by atoms with Crippen molar-refractivity contribution in [3.63, 3.8) is 0 Å². The van der Waals surface area contributed by atoms with E-state index >= 15 is 0 Å². The van der Waals surface area contributed by atoms with Crippen molar-refractivity contribution in [2.75, 3.05) is 5.73 Å². The van der Waals surface area contributed by atoms with E-state index in [0.29, 0.717) is 22.2 Å². The highest BCUT2D eigenvalue weighted by atomic mass is 19.1. The number of pyridine rings is 1. The molecule has 16 heavy (non-hydrogen) atoms. The lowest BCUT2D eigenvalue weighted by atomic mass is 10.0. The van der Waals surface area contributed by atoms with Crippen LogP contribution in [0.3, 0.4) is 0 Å². The second-order valence-electron chi connectivity index (χ2n) is 3.57. The minimum absolute atomic E-state index is 0.317. The number of nitrogen functional groups attached to an aromatic ring is 1. The van der Waals surface area contributed by atoms with Crippen LogP contribution in [0.25, 0.3) is 10.8 Å². The number of rotatable bonds is 2. The molecular formula is C11H10FN3O. The van der Waals surface area contributed by atoms with E-state index in [9.17, 15) is 9.30 Å². The first-order chi connectivity index (χ1) is 7.63. The van der Waals surface area contributed by atoms with Crippen molar-refractivity contribution in [3.05, 3.63) is 40.7 Å². The Bertz CT molecular complexity index is 556. The molecule has 4 nitrogen and oxygen atoms in total. The number of hydrogen-bond donors (Lipinski definition) is 1. The predicted molar refractivity (Wildman–Crippen MR) is 60.3 cm³/mol. The smallest absolute Gasteiger partial charge is 0.131 e. The molecule has 0 aliphatic rings. The number of nitroso groups, excluding NO2 is 1. The van der Waals surface area contributed by atoms with E-state index in [2.05, 4.69) is 10.2 Å². The molecule has 1 aromatic carbocycles. The molecule has 2 N–H and O–H groups in total. The minimum atomic E-state index is -0.572. The second-order valence-corrected chi connectivity index (χ2v) is 3.57. The highest BCUT2D eigenvalue weighted by molar-refractivity contribution is 5.93. The molecule has 0 radical (unpaired) electrons. The van der Waals surface area contributed by atoms with Crippen LogP contribution in [0.2, 0.25) is 0 Å². The third-order valence-corrected chi connectivity index (χ3v) is 2.52. The van der Waals surface area contributed by atoms with Gasteiger partial charge in [-0.05, 0) is 30.5 Å². The molecule has 82 valence electrons. The van der Waals surface area contributed by atoms with Crippen molar-refractivity contribution < 1.29 is 4.39 Å². The average molecular weight is 219 g/mol. The normalized spacial score (nSPS) is 12.6. The largest absolute Gasteiger partial charge is 0.383 e. The molecule has 0 saturated carbocycles. The maximum atomic E-state index is 13.1. The lowest BCUT2D eigenvalue weighted by Gasteiger charge is -2.09. The van der Waals surface area contributed by atoms with Crippen LogP contribution >= 0.6 is 0 Å². The topological polar surface area (TPSA) is 68.3 Å². The number of aromatic nitrogens is 1. The van der Waals surface area contributed by atoms with Gasteiger partial charge in [-0.2, -0.15) is 4.91 Å². The van der Waals surface area contributed by atoms with E-state index in [1.165, 1.54) is 18.3 Å². The molecular weight excluding hydrogens is 209 g/mol. The predicted octanol–water partition coefficient (Wildman–Crippen LogP) is 2.78. The summed E-state index contributed by atoms with van der Waals surface area (Å²) in [5.74, 6) is -0.0608. The van der Waals surface area contributed by atoms with Crippen LogP contribution in [0.5, 0.6) is 0 Å². The Morgan fingerprint density at radius 3 is 2.88 bits per heavy atom. The van der Waals surface area contributed by atoms with E-state index < -0.39 is 6.04 Å². The quantitative estimate of drug-likeness (QED) is 0.789. The molecule has 0 bridgehead atoms. The zero-order chi connectivity index (χ0) is 11.7. The fourth-order valence-electron chi connectivity index (χ4n) is 1.65. The summed E-state index contributed by atoms with van der Waals surface area (Å²) in [5, 5.41) is 4.13. The number of benzene rings is 1. The molecule has 2 rings (SSSR count). The molecule has 0 fully saturated rings. The van der Waals surface area contributed by atoms with Gasteiger partial charge in [-0.25, -0.2) is 9.37 Å². The summed E-state index contributed by atoms with van der Waals surface area (Å²) in [6.07, 6.45) is 1.46. The molecule has 1 unspecified atom stereocenters. The van der Waals surface area contributed by atoms with Crippen LogP contribution in [-0.4, -0.2) is 4.98 Å². The monoisotopic (exact) mass is 219 g/mol. The molecule has 1 atom stereocenters. The van der Waals surface area contributed by atoms with Gasteiger partial charge in [0.25, 0.3) is 0 Å². The Labute approximate surface area is 91.3 Å². The highest BCUT2D eigenvalue weighted by Gasteiger charge is 2.12. The summed E-state index contributed by atoms with van der Waals surface area (Å²) in [5.41, 5.74) is 6.26. The maximum Gasteiger partial charge on any atom is 0.131 e. The molecule has 0 aliphatic heterocycles. The zero-order valence-corrected chi connectivity index (χ0v) is 8.64. The SMILES string of the molecule is CC(N=O)c1cnc(N)c2ccc(F)cc12. The van der Waals surface area contributed by atoms with E-state index in [0.717, 1.165) is 0 Å². The first kappa shape index (κ1) is 10.5. The fourth-order valence-corrected chi connectivity index (χ4v) is 1.65. The Balaban J connectivity index is 2.80. The third kappa shape index (κ3) is 1.60. The van der Waals surface area contributed by atoms with Crippen LogP contribution in [0.4, 0.5) is 10.2 Å². The van der Waals surface area contributed by atoms with Crippen LogP contribution < -0.4 is 5.73 Å². The molecule has 1 aromatic heterocycles. The number of fused-ring (bicyclic) bond motifs is 1. The molecule has 2 aromatic rings. The summed E-state index contributed by atoms with van der Waals surface area (Å²) in [4.78, 5) is 14.5. The zero-order valence-electron chi connectivity index (χ0n) is 8.64. The van der Waals surface area contributed by atoms with Crippen LogP contribution in [-0.2, 0) is 0 Å². The standard InChI is InChI=1S/C11H10FN3O/c1-6(15-16)10-5-14-11(13)8-3-2-7(12)4-9(8)10/h2-6H,1H3,(H2,13,14). The van der Waals surface area contributed by atoms with Crippen molar-refractivity contribution in [2.45, 2.75) is 13.0 Å². The van der Waals surface area contributed by atoms with Gasteiger partial charge in [0, 0.05) is 17.1 Å². The van der Waals surface area contributed by atoms with Crippen LogP contribution in [0.1, 0.15) is 18.5 Å². The van der Waals surface area contributed by atoms with Crippen molar-refractivity contribution >= 4 is 16.6 Å². The number of anilines is 1. The molecule has 0 saturated heterocycles. The summed E-state index contributed by atoms with van der Waals surface area (Å²) >= 11 is 0. The minimum Gasteiger partial charge on any atom is -0.383 e. The van der Waals surface area contributed by atoms with Gasteiger partial charge < -0.3 is 5.73 Å². The third-order valence-electron chi connectivity index (χ3n) is 2.52. The Hall–Kier alpha value is -2.04. The lowest BCUT2D eigenvalue weighted by molar-refractivity contribution is 0.629. The van der Waals surface area contributed by atoms with Gasteiger partial charge in [-0.3, -0.25) is 0 Å².